The monoisotopic (exact) mass is 346 g/mol. The van der Waals surface area contributed by atoms with Crippen LogP contribution in [0.5, 0.6) is 6.01 Å². The van der Waals surface area contributed by atoms with Gasteiger partial charge in [0.15, 0.2) is 0 Å². The summed E-state index contributed by atoms with van der Waals surface area (Å²) in [5.74, 6) is -0.208. The van der Waals surface area contributed by atoms with Gasteiger partial charge in [0, 0.05) is 18.8 Å². The van der Waals surface area contributed by atoms with Crippen molar-refractivity contribution in [2.75, 3.05) is 0 Å². The highest BCUT2D eigenvalue weighted by Crippen LogP contribution is 2.09. The second-order valence-electron chi connectivity index (χ2n) is 6.35. The highest BCUT2D eigenvalue weighted by atomic mass is 16.5. The summed E-state index contributed by atoms with van der Waals surface area (Å²) in [6, 6.07) is 0.285. The molecule has 1 rings (SSSR count). The molecule has 0 aromatic carbocycles. The number of aromatic amines is 1. The molecule has 0 radical (unpaired) electrons. The number of aromatic nitrogens is 2. The van der Waals surface area contributed by atoms with Crippen molar-refractivity contribution in [1.82, 2.24) is 9.97 Å². The van der Waals surface area contributed by atoms with E-state index in [1.165, 1.54) is 44.9 Å². The Morgan fingerprint density at radius 2 is 1.68 bits per heavy atom. The van der Waals surface area contributed by atoms with Crippen molar-refractivity contribution in [3.63, 3.8) is 0 Å². The first kappa shape index (κ1) is 21.2. The predicted octanol–water partition coefficient (Wildman–Crippen LogP) is 6.13. The predicted molar refractivity (Wildman–Crippen MR) is 104 cm³/mol. The smallest absolute Gasteiger partial charge is 0.313 e. The molecule has 0 saturated carbocycles. The van der Waals surface area contributed by atoms with Gasteiger partial charge in [0.2, 0.25) is 0 Å². The topological polar surface area (TPSA) is 55.0 Å². The molecule has 140 valence electrons. The summed E-state index contributed by atoms with van der Waals surface area (Å²) in [6.45, 7) is 2.24. The summed E-state index contributed by atoms with van der Waals surface area (Å²) in [5.41, 5.74) is 0. The molecule has 0 aliphatic carbocycles. The van der Waals surface area contributed by atoms with E-state index in [0.717, 1.165) is 25.7 Å². The lowest BCUT2D eigenvalue weighted by molar-refractivity contribution is -0.135. The summed E-state index contributed by atoms with van der Waals surface area (Å²) in [6.07, 6.45) is 25.8. The van der Waals surface area contributed by atoms with Crippen LogP contribution in [-0.4, -0.2) is 15.9 Å². The Labute approximate surface area is 152 Å². The van der Waals surface area contributed by atoms with Gasteiger partial charge in [0.05, 0.1) is 0 Å². The summed E-state index contributed by atoms with van der Waals surface area (Å²) >= 11 is 0. The number of unbranched alkanes of at least 4 members (excludes halogenated alkanes) is 8. The number of allylic oxidation sites excluding steroid dienone is 4. The zero-order chi connectivity index (χ0) is 18.0. The maximum atomic E-state index is 11.5. The summed E-state index contributed by atoms with van der Waals surface area (Å²) in [5, 5.41) is 0. The average molecular weight is 347 g/mol. The molecule has 0 unspecified atom stereocenters. The van der Waals surface area contributed by atoms with Crippen LogP contribution >= 0.6 is 0 Å². The van der Waals surface area contributed by atoms with Crippen LogP contribution in [0.25, 0.3) is 0 Å². The SMILES string of the molecule is CCCCC/C=C\C/C=C\CCCCCCCC(=O)Oc1ncc[nH]1. The van der Waals surface area contributed by atoms with Crippen LogP contribution in [0.3, 0.4) is 0 Å². The van der Waals surface area contributed by atoms with E-state index in [1.54, 1.807) is 12.4 Å². The molecule has 0 bridgehead atoms. The molecule has 0 atom stereocenters. The first-order valence-corrected chi connectivity index (χ1v) is 9.83. The Bertz CT molecular complexity index is 478. The Hall–Kier alpha value is -1.84. The van der Waals surface area contributed by atoms with Gasteiger partial charge in [-0.1, -0.05) is 63.3 Å². The number of nitrogens with zero attached hydrogens (tertiary/aromatic N) is 1. The number of nitrogens with one attached hydrogen (secondary N) is 1. The number of H-pyrrole nitrogens is 1. The van der Waals surface area contributed by atoms with E-state index in [1.807, 2.05) is 0 Å². The van der Waals surface area contributed by atoms with Crippen LogP contribution < -0.4 is 4.74 Å². The van der Waals surface area contributed by atoms with Gasteiger partial charge >= 0.3 is 12.0 Å². The molecule has 0 fully saturated rings. The molecule has 0 amide bonds. The van der Waals surface area contributed by atoms with Gasteiger partial charge < -0.3 is 9.72 Å². The van der Waals surface area contributed by atoms with E-state index in [0.29, 0.717) is 6.42 Å². The van der Waals surface area contributed by atoms with E-state index in [4.69, 9.17) is 4.74 Å². The number of carbonyl (C=O) groups is 1. The van der Waals surface area contributed by atoms with E-state index in [-0.39, 0.29) is 12.0 Å². The van der Waals surface area contributed by atoms with Crippen LogP contribution in [0.2, 0.25) is 0 Å². The van der Waals surface area contributed by atoms with Crippen molar-refractivity contribution in [3.8, 4) is 6.01 Å². The molecule has 0 aliphatic rings. The van der Waals surface area contributed by atoms with Crippen LogP contribution in [0.1, 0.15) is 84.0 Å². The fraction of sp³-hybridized carbons (Fsp3) is 0.619. The van der Waals surface area contributed by atoms with Crippen molar-refractivity contribution in [2.45, 2.75) is 84.0 Å². The number of imidazole rings is 1. The number of hydrogen-bond donors (Lipinski definition) is 1. The first-order valence-electron chi connectivity index (χ1n) is 9.83. The van der Waals surface area contributed by atoms with Crippen molar-refractivity contribution in [2.24, 2.45) is 0 Å². The van der Waals surface area contributed by atoms with Gasteiger partial charge in [-0.2, -0.15) is 0 Å². The maximum absolute atomic E-state index is 11.5. The minimum absolute atomic E-state index is 0.208. The first-order chi connectivity index (χ1) is 12.3. The number of hydrogen-bond acceptors (Lipinski definition) is 3. The average Bonchev–Trinajstić information content (AvgIpc) is 3.11. The zero-order valence-corrected chi connectivity index (χ0v) is 15.7. The molecule has 1 heterocycles. The Kier molecular flexibility index (Phi) is 13.3. The Morgan fingerprint density at radius 3 is 2.36 bits per heavy atom. The van der Waals surface area contributed by atoms with Gasteiger partial charge in [0.25, 0.3) is 0 Å². The molecule has 4 nitrogen and oxygen atoms in total. The standard InChI is InChI=1S/C21H34N2O2/c1-2-3-4-5-6-7-8-9-10-11-12-13-14-15-16-17-20(24)25-21-22-18-19-23-21/h6-7,9-10,18-19H,2-5,8,11-17H2,1H3,(H,22,23)/b7-6-,10-9-. The van der Waals surface area contributed by atoms with Gasteiger partial charge in [-0.25, -0.2) is 4.98 Å². The summed E-state index contributed by atoms with van der Waals surface area (Å²) in [7, 11) is 0. The number of esters is 1. The minimum atomic E-state index is -0.208. The van der Waals surface area contributed by atoms with E-state index >= 15 is 0 Å². The second kappa shape index (κ2) is 15.7. The van der Waals surface area contributed by atoms with Crippen molar-refractivity contribution < 1.29 is 9.53 Å². The second-order valence-corrected chi connectivity index (χ2v) is 6.35. The molecule has 0 aliphatic heterocycles. The Balaban J connectivity index is 1.83. The molecular weight excluding hydrogens is 312 g/mol. The van der Waals surface area contributed by atoms with Crippen molar-refractivity contribution in [3.05, 3.63) is 36.7 Å². The van der Waals surface area contributed by atoms with Gasteiger partial charge in [0.1, 0.15) is 0 Å². The minimum Gasteiger partial charge on any atom is -0.392 e. The molecule has 1 aromatic heterocycles. The third-order valence-electron chi connectivity index (χ3n) is 4.02. The van der Waals surface area contributed by atoms with Crippen LogP contribution in [-0.2, 0) is 4.79 Å². The molecule has 1 N–H and O–H groups in total. The van der Waals surface area contributed by atoms with Gasteiger partial charge in [-0.3, -0.25) is 4.79 Å². The third kappa shape index (κ3) is 13.2. The fourth-order valence-corrected chi connectivity index (χ4v) is 2.55. The normalized spacial score (nSPS) is 11.6. The fourth-order valence-electron chi connectivity index (χ4n) is 2.55. The van der Waals surface area contributed by atoms with Crippen molar-refractivity contribution >= 4 is 5.97 Å². The van der Waals surface area contributed by atoms with Gasteiger partial charge in [-0.05, 0) is 38.5 Å². The zero-order valence-electron chi connectivity index (χ0n) is 15.7. The quantitative estimate of drug-likeness (QED) is 0.236. The lowest BCUT2D eigenvalue weighted by Crippen LogP contribution is -2.08. The molecule has 25 heavy (non-hydrogen) atoms. The Morgan fingerprint density at radius 1 is 1.00 bits per heavy atom. The maximum Gasteiger partial charge on any atom is 0.313 e. The highest BCUT2D eigenvalue weighted by Gasteiger charge is 2.05. The molecular formula is C21H34N2O2. The van der Waals surface area contributed by atoms with Gasteiger partial charge in [-0.15, -0.1) is 0 Å². The number of rotatable bonds is 15. The molecule has 0 saturated heterocycles. The van der Waals surface area contributed by atoms with Crippen molar-refractivity contribution in [1.29, 1.82) is 0 Å². The summed E-state index contributed by atoms with van der Waals surface area (Å²) in [4.78, 5) is 18.2. The van der Waals surface area contributed by atoms with E-state index < -0.39 is 0 Å². The lowest BCUT2D eigenvalue weighted by Gasteiger charge is -2.01. The van der Waals surface area contributed by atoms with Crippen LogP contribution in [0, 0.1) is 0 Å². The third-order valence-corrected chi connectivity index (χ3v) is 4.02. The van der Waals surface area contributed by atoms with E-state index in [2.05, 4.69) is 41.2 Å². The number of carbonyl (C=O) groups excluding carboxylic acids is 1. The molecule has 0 spiro atoms. The summed E-state index contributed by atoms with van der Waals surface area (Å²) < 4.78 is 5.05. The molecule has 1 aromatic rings. The largest absolute Gasteiger partial charge is 0.392 e. The van der Waals surface area contributed by atoms with E-state index in [9.17, 15) is 4.79 Å². The van der Waals surface area contributed by atoms with Crippen LogP contribution in [0.4, 0.5) is 0 Å². The molecule has 4 heteroatoms. The lowest BCUT2D eigenvalue weighted by atomic mass is 10.1. The highest BCUT2D eigenvalue weighted by molar-refractivity contribution is 5.71. The van der Waals surface area contributed by atoms with Crippen LogP contribution in [0.15, 0.2) is 36.7 Å². The number of ether oxygens (including phenoxy) is 1.